The van der Waals surface area contributed by atoms with Gasteiger partial charge in [0.2, 0.25) is 5.91 Å². The molecule has 1 amide bonds. The van der Waals surface area contributed by atoms with Crippen molar-refractivity contribution >= 4 is 27.3 Å². The molecule has 1 saturated carbocycles. The first-order chi connectivity index (χ1) is 11.5. The molecule has 0 aliphatic heterocycles. The Hall–Kier alpha value is -2.34. The molecule has 24 heavy (non-hydrogen) atoms. The third-order valence-corrected chi connectivity index (χ3v) is 6.18. The first kappa shape index (κ1) is 16.5. The molecule has 0 heterocycles. The molecule has 2 aromatic carbocycles. The molecule has 3 rings (SSSR count). The average Bonchev–Trinajstić information content (AvgIpc) is 2.53. The Labute approximate surface area is 142 Å². The number of carbonyl (C=O) groups excluding carboxylic acids is 1. The van der Waals surface area contributed by atoms with Crippen molar-refractivity contribution < 1.29 is 13.2 Å². The van der Waals surface area contributed by atoms with Gasteiger partial charge in [-0.15, -0.1) is 0 Å². The minimum atomic E-state index is -3.63. The van der Waals surface area contributed by atoms with Crippen molar-refractivity contribution in [3.05, 3.63) is 54.6 Å². The zero-order chi connectivity index (χ0) is 17.2. The fraction of sp³-hybridized carbons (Fsp3) is 0.278. The molecule has 0 saturated heterocycles. The molecule has 126 valence electrons. The number of hydrogen-bond acceptors (Lipinski definition) is 3. The van der Waals surface area contributed by atoms with Crippen LogP contribution in [0, 0.1) is 5.92 Å². The van der Waals surface area contributed by atoms with E-state index in [-0.39, 0.29) is 16.7 Å². The fourth-order valence-corrected chi connectivity index (χ4v) is 3.76. The van der Waals surface area contributed by atoms with Gasteiger partial charge in [-0.1, -0.05) is 24.6 Å². The van der Waals surface area contributed by atoms with E-state index in [2.05, 4.69) is 5.32 Å². The van der Waals surface area contributed by atoms with E-state index in [0.717, 1.165) is 19.3 Å². The average molecular weight is 344 g/mol. The molecule has 0 aromatic heterocycles. The molecule has 0 unspecified atom stereocenters. The fourth-order valence-electron chi connectivity index (χ4n) is 2.56. The molecule has 1 aliphatic carbocycles. The standard InChI is InChI=1S/C18H20N2O3S/c1-20(16-8-3-2-4-9-16)24(22,23)17-12-10-15(11-13-17)19-18(21)14-6-5-7-14/h2-4,8-14H,5-7H2,1H3,(H,19,21). The van der Waals surface area contributed by atoms with E-state index in [9.17, 15) is 13.2 Å². The molecular formula is C18H20N2O3S. The lowest BCUT2D eigenvalue weighted by Gasteiger charge is -2.24. The van der Waals surface area contributed by atoms with E-state index in [4.69, 9.17) is 0 Å². The van der Waals surface area contributed by atoms with E-state index in [0.29, 0.717) is 11.4 Å². The van der Waals surface area contributed by atoms with E-state index in [1.54, 1.807) is 36.4 Å². The Balaban J connectivity index is 1.75. The number of para-hydroxylation sites is 1. The van der Waals surface area contributed by atoms with Gasteiger partial charge in [0.05, 0.1) is 10.6 Å². The number of anilines is 2. The number of hydrogen-bond donors (Lipinski definition) is 1. The van der Waals surface area contributed by atoms with Crippen LogP contribution in [0.15, 0.2) is 59.5 Å². The van der Waals surface area contributed by atoms with Gasteiger partial charge in [0.25, 0.3) is 10.0 Å². The zero-order valence-corrected chi connectivity index (χ0v) is 14.3. The number of sulfonamides is 1. The molecule has 0 bridgehead atoms. The smallest absolute Gasteiger partial charge is 0.264 e. The second-order valence-corrected chi connectivity index (χ2v) is 7.92. The van der Waals surface area contributed by atoms with Gasteiger partial charge in [0.15, 0.2) is 0 Å². The largest absolute Gasteiger partial charge is 0.326 e. The number of benzene rings is 2. The molecule has 0 spiro atoms. The van der Waals surface area contributed by atoms with Crippen LogP contribution in [-0.2, 0) is 14.8 Å². The summed E-state index contributed by atoms with van der Waals surface area (Å²) in [7, 11) is -2.10. The lowest BCUT2D eigenvalue weighted by Crippen LogP contribution is -2.28. The van der Waals surface area contributed by atoms with Gasteiger partial charge in [-0.05, 0) is 49.2 Å². The molecule has 5 nitrogen and oxygen atoms in total. The summed E-state index contributed by atoms with van der Waals surface area (Å²) in [5.74, 6) is 0.107. The van der Waals surface area contributed by atoms with Crippen LogP contribution < -0.4 is 9.62 Å². The van der Waals surface area contributed by atoms with Gasteiger partial charge in [-0.3, -0.25) is 9.10 Å². The normalized spacial score (nSPS) is 14.7. The van der Waals surface area contributed by atoms with Crippen LogP contribution in [0.3, 0.4) is 0 Å². The molecule has 1 fully saturated rings. The number of nitrogens with zero attached hydrogens (tertiary/aromatic N) is 1. The lowest BCUT2D eigenvalue weighted by molar-refractivity contribution is -0.122. The third kappa shape index (κ3) is 3.28. The molecule has 2 aromatic rings. The predicted octanol–water partition coefficient (Wildman–Crippen LogP) is 3.25. The molecule has 1 N–H and O–H groups in total. The SMILES string of the molecule is CN(c1ccccc1)S(=O)(=O)c1ccc(NC(=O)C2CCC2)cc1. The van der Waals surface area contributed by atoms with Crippen molar-refractivity contribution in [1.29, 1.82) is 0 Å². The molecule has 0 atom stereocenters. The summed E-state index contributed by atoms with van der Waals surface area (Å²) in [5, 5.41) is 2.84. The Bertz CT molecular complexity index is 813. The lowest BCUT2D eigenvalue weighted by atomic mass is 9.85. The maximum atomic E-state index is 12.7. The summed E-state index contributed by atoms with van der Waals surface area (Å²) in [4.78, 5) is 12.1. The van der Waals surface area contributed by atoms with E-state index < -0.39 is 10.0 Å². The van der Waals surface area contributed by atoms with Crippen LogP contribution in [0.25, 0.3) is 0 Å². The van der Waals surface area contributed by atoms with Gasteiger partial charge in [0.1, 0.15) is 0 Å². The Morgan fingerprint density at radius 2 is 1.67 bits per heavy atom. The van der Waals surface area contributed by atoms with Crippen molar-refractivity contribution in [1.82, 2.24) is 0 Å². The second-order valence-electron chi connectivity index (χ2n) is 5.95. The monoisotopic (exact) mass is 344 g/mol. The van der Waals surface area contributed by atoms with Crippen molar-refractivity contribution in [3.63, 3.8) is 0 Å². The maximum absolute atomic E-state index is 12.7. The van der Waals surface area contributed by atoms with Crippen LogP contribution in [-0.4, -0.2) is 21.4 Å². The summed E-state index contributed by atoms with van der Waals surface area (Å²) in [6.07, 6.45) is 2.96. The molecular weight excluding hydrogens is 324 g/mol. The van der Waals surface area contributed by atoms with Gasteiger partial charge in [-0.25, -0.2) is 8.42 Å². The Morgan fingerprint density at radius 1 is 1.04 bits per heavy atom. The topological polar surface area (TPSA) is 66.5 Å². The number of nitrogens with one attached hydrogen (secondary N) is 1. The molecule has 6 heteroatoms. The highest BCUT2D eigenvalue weighted by atomic mass is 32.2. The van der Waals surface area contributed by atoms with Crippen LogP contribution in [0.5, 0.6) is 0 Å². The quantitative estimate of drug-likeness (QED) is 0.905. The highest BCUT2D eigenvalue weighted by Gasteiger charge is 2.25. The summed E-state index contributed by atoms with van der Waals surface area (Å²) in [6.45, 7) is 0. The number of amides is 1. The summed E-state index contributed by atoms with van der Waals surface area (Å²) in [5.41, 5.74) is 1.22. The van der Waals surface area contributed by atoms with E-state index in [1.807, 2.05) is 6.07 Å². The van der Waals surface area contributed by atoms with Gasteiger partial charge >= 0.3 is 0 Å². The second kappa shape index (κ2) is 6.65. The molecule has 0 radical (unpaired) electrons. The van der Waals surface area contributed by atoms with Crippen LogP contribution in [0.2, 0.25) is 0 Å². The first-order valence-electron chi connectivity index (χ1n) is 7.93. The Morgan fingerprint density at radius 3 is 2.21 bits per heavy atom. The predicted molar refractivity (Wildman–Crippen MR) is 94.4 cm³/mol. The summed E-state index contributed by atoms with van der Waals surface area (Å²) < 4.78 is 26.6. The van der Waals surface area contributed by atoms with Crippen LogP contribution >= 0.6 is 0 Å². The van der Waals surface area contributed by atoms with Crippen molar-refractivity contribution in [2.75, 3.05) is 16.7 Å². The highest BCUT2D eigenvalue weighted by molar-refractivity contribution is 7.92. The van der Waals surface area contributed by atoms with Crippen molar-refractivity contribution in [2.45, 2.75) is 24.2 Å². The van der Waals surface area contributed by atoms with Crippen molar-refractivity contribution in [2.24, 2.45) is 5.92 Å². The van der Waals surface area contributed by atoms with Gasteiger partial charge in [-0.2, -0.15) is 0 Å². The van der Waals surface area contributed by atoms with E-state index in [1.165, 1.54) is 23.5 Å². The first-order valence-corrected chi connectivity index (χ1v) is 9.37. The van der Waals surface area contributed by atoms with Crippen LogP contribution in [0.1, 0.15) is 19.3 Å². The van der Waals surface area contributed by atoms with Crippen molar-refractivity contribution in [3.8, 4) is 0 Å². The number of carbonyl (C=O) groups is 1. The van der Waals surface area contributed by atoms with E-state index >= 15 is 0 Å². The minimum absolute atomic E-state index is 0.0123. The van der Waals surface area contributed by atoms with Crippen LogP contribution in [0.4, 0.5) is 11.4 Å². The third-order valence-electron chi connectivity index (χ3n) is 4.38. The maximum Gasteiger partial charge on any atom is 0.264 e. The number of rotatable bonds is 5. The molecule has 1 aliphatic rings. The minimum Gasteiger partial charge on any atom is -0.326 e. The zero-order valence-electron chi connectivity index (χ0n) is 13.5. The highest BCUT2D eigenvalue weighted by Crippen LogP contribution is 2.28. The Kier molecular flexibility index (Phi) is 4.57. The summed E-state index contributed by atoms with van der Waals surface area (Å²) in [6, 6.07) is 15.2. The van der Waals surface area contributed by atoms with Gasteiger partial charge < -0.3 is 5.32 Å². The summed E-state index contributed by atoms with van der Waals surface area (Å²) >= 11 is 0. The van der Waals surface area contributed by atoms with Gasteiger partial charge in [0, 0.05) is 18.7 Å².